The van der Waals surface area contributed by atoms with Gasteiger partial charge < -0.3 is 5.11 Å². The van der Waals surface area contributed by atoms with Gasteiger partial charge in [-0.1, -0.05) is 35.3 Å². The van der Waals surface area contributed by atoms with Crippen LogP contribution in [0.5, 0.6) is 0 Å². The number of benzene rings is 2. The van der Waals surface area contributed by atoms with Crippen molar-refractivity contribution in [2.45, 2.75) is 4.90 Å². The number of ketones is 1. The number of fused-ring (bicyclic) bond motifs is 1. The predicted molar refractivity (Wildman–Crippen MR) is 91.7 cm³/mol. The van der Waals surface area contributed by atoms with Crippen LogP contribution in [0, 0.1) is 0 Å². The summed E-state index contributed by atoms with van der Waals surface area (Å²) in [6.45, 7) is 0. The number of likely N-dealkylation sites (N-methyl/N-ethyl adjacent to an activating group) is 1. The molecule has 2 aromatic carbocycles. The molecule has 2 aromatic rings. The minimum absolute atomic E-state index is 0.0595. The maximum atomic E-state index is 12.8. The minimum Gasteiger partial charge on any atom is -0.505 e. The number of aliphatic hydroxyl groups excluding tert-OH is 1. The van der Waals surface area contributed by atoms with Crippen molar-refractivity contribution in [3.63, 3.8) is 0 Å². The van der Waals surface area contributed by atoms with Gasteiger partial charge in [-0.2, -0.15) is 0 Å². The van der Waals surface area contributed by atoms with Gasteiger partial charge in [0.2, 0.25) is 5.78 Å². The summed E-state index contributed by atoms with van der Waals surface area (Å²) in [6.07, 6.45) is 0. The Balaban J connectivity index is 2.23. The van der Waals surface area contributed by atoms with E-state index in [1.165, 1.54) is 37.4 Å². The van der Waals surface area contributed by atoms with Crippen molar-refractivity contribution in [1.82, 2.24) is 4.31 Å². The largest absolute Gasteiger partial charge is 0.505 e. The van der Waals surface area contributed by atoms with Gasteiger partial charge in [0.15, 0.2) is 5.76 Å². The number of hydrogen-bond donors (Lipinski definition) is 1. The Kier molecular flexibility index (Phi) is 4.07. The van der Waals surface area contributed by atoms with Crippen molar-refractivity contribution >= 4 is 44.8 Å². The summed E-state index contributed by atoms with van der Waals surface area (Å²) in [5.41, 5.74) is -0.140. The van der Waals surface area contributed by atoms with Crippen molar-refractivity contribution in [1.29, 1.82) is 0 Å². The highest BCUT2D eigenvalue weighted by molar-refractivity contribution is 7.89. The first-order chi connectivity index (χ1) is 11.2. The Bertz CT molecular complexity index is 999. The number of nitrogens with zero attached hydrogens (tertiary/aromatic N) is 1. The fourth-order valence-electron chi connectivity index (χ4n) is 2.46. The van der Waals surface area contributed by atoms with Crippen LogP contribution in [0.3, 0.4) is 0 Å². The van der Waals surface area contributed by atoms with E-state index in [2.05, 4.69) is 0 Å². The van der Waals surface area contributed by atoms with Crippen LogP contribution >= 0.6 is 23.2 Å². The van der Waals surface area contributed by atoms with Crippen LogP contribution in [0.15, 0.2) is 53.1 Å². The average Bonchev–Trinajstić information content (AvgIpc) is 2.56. The molecule has 1 heterocycles. The standard InChI is InChI=1S/C16H11Cl2NO4S/c1-19-14(15(20)9-6-7-11(17)12(18)8-9)16(21)10-4-2-3-5-13(10)24(19,22)23/h2-8,21H,1H3. The van der Waals surface area contributed by atoms with E-state index in [4.69, 9.17) is 23.2 Å². The molecule has 0 aliphatic carbocycles. The van der Waals surface area contributed by atoms with Crippen molar-refractivity contribution in [2.24, 2.45) is 0 Å². The van der Waals surface area contributed by atoms with Crippen molar-refractivity contribution in [3.05, 3.63) is 69.3 Å². The van der Waals surface area contributed by atoms with Gasteiger partial charge in [-0.05, 0) is 30.3 Å². The molecule has 5 nitrogen and oxygen atoms in total. The van der Waals surface area contributed by atoms with E-state index in [1.54, 1.807) is 12.1 Å². The van der Waals surface area contributed by atoms with Gasteiger partial charge >= 0.3 is 0 Å². The molecule has 0 atom stereocenters. The van der Waals surface area contributed by atoms with Gasteiger partial charge in [0.05, 0.1) is 14.9 Å². The molecule has 0 aromatic heterocycles. The number of hydrogen-bond acceptors (Lipinski definition) is 4. The third-order valence-corrected chi connectivity index (χ3v) is 6.27. The van der Waals surface area contributed by atoms with Crippen LogP contribution < -0.4 is 0 Å². The number of halogens is 2. The lowest BCUT2D eigenvalue weighted by Crippen LogP contribution is -2.35. The monoisotopic (exact) mass is 383 g/mol. The Morgan fingerprint density at radius 3 is 2.42 bits per heavy atom. The van der Waals surface area contributed by atoms with E-state index >= 15 is 0 Å². The molecule has 0 radical (unpaired) electrons. The number of aliphatic hydroxyl groups is 1. The maximum Gasteiger partial charge on any atom is 0.265 e. The Labute approximate surface area is 148 Å². The van der Waals surface area contributed by atoms with Crippen molar-refractivity contribution < 1.29 is 18.3 Å². The first kappa shape index (κ1) is 16.8. The summed E-state index contributed by atoms with van der Waals surface area (Å²) in [4.78, 5) is 12.7. The smallest absolute Gasteiger partial charge is 0.265 e. The van der Waals surface area contributed by atoms with Crippen LogP contribution in [-0.2, 0) is 10.0 Å². The molecule has 124 valence electrons. The number of carbonyl (C=O) groups excluding carboxylic acids is 1. The van der Waals surface area contributed by atoms with Crippen molar-refractivity contribution in [3.8, 4) is 0 Å². The highest BCUT2D eigenvalue weighted by Gasteiger charge is 2.37. The quantitative estimate of drug-likeness (QED) is 0.801. The minimum atomic E-state index is -3.94. The van der Waals surface area contributed by atoms with Gasteiger partial charge in [0.25, 0.3) is 10.0 Å². The first-order valence-electron chi connectivity index (χ1n) is 6.76. The molecule has 0 amide bonds. The third-order valence-electron chi connectivity index (χ3n) is 3.72. The van der Waals surface area contributed by atoms with E-state index in [9.17, 15) is 18.3 Å². The molecule has 0 bridgehead atoms. The van der Waals surface area contributed by atoms with Gasteiger partial charge in [-0.15, -0.1) is 0 Å². The summed E-state index contributed by atoms with van der Waals surface area (Å²) in [7, 11) is -2.72. The Morgan fingerprint density at radius 2 is 1.75 bits per heavy atom. The Morgan fingerprint density at radius 1 is 1.08 bits per heavy atom. The van der Waals surface area contributed by atoms with Gasteiger partial charge in [0.1, 0.15) is 5.70 Å². The maximum absolute atomic E-state index is 12.8. The SMILES string of the molecule is CN1C(C(=O)c2ccc(Cl)c(Cl)c2)=C(O)c2ccccc2S1(=O)=O. The van der Waals surface area contributed by atoms with Gasteiger partial charge in [-0.3, -0.25) is 9.10 Å². The second kappa shape index (κ2) is 5.81. The zero-order valence-electron chi connectivity index (χ0n) is 12.3. The van der Waals surface area contributed by atoms with Crippen molar-refractivity contribution in [2.75, 3.05) is 7.05 Å². The average molecular weight is 384 g/mol. The molecule has 24 heavy (non-hydrogen) atoms. The lowest BCUT2D eigenvalue weighted by atomic mass is 10.0. The van der Waals surface area contributed by atoms with Crippen LogP contribution in [0.25, 0.3) is 5.76 Å². The lowest BCUT2D eigenvalue weighted by Gasteiger charge is -2.28. The molecule has 1 aliphatic rings. The van der Waals surface area contributed by atoms with Crippen LogP contribution in [-0.4, -0.2) is 30.7 Å². The molecule has 1 N–H and O–H groups in total. The predicted octanol–water partition coefficient (Wildman–Crippen LogP) is 3.74. The van der Waals surface area contributed by atoms with Gasteiger partial charge in [0, 0.05) is 18.2 Å². The fraction of sp³-hybridized carbons (Fsp3) is 0.0625. The fourth-order valence-corrected chi connectivity index (χ4v) is 4.15. The van der Waals surface area contributed by atoms with Crippen LogP contribution in [0.4, 0.5) is 0 Å². The molecule has 0 spiro atoms. The summed E-state index contributed by atoms with van der Waals surface area (Å²) in [5.74, 6) is -1.08. The highest BCUT2D eigenvalue weighted by atomic mass is 35.5. The molecule has 1 aliphatic heterocycles. The number of allylic oxidation sites excluding steroid dienone is 1. The summed E-state index contributed by atoms with van der Waals surface area (Å²) >= 11 is 11.7. The molecule has 0 saturated carbocycles. The summed E-state index contributed by atoms with van der Waals surface area (Å²) in [6, 6.07) is 10.1. The molecule has 0 saturated heterocycles. The van der Waals surface area contributed by atoms with E-state index in [-0.39, 0.29) is 31.8 Å². The van der Waals surface area contributed by atoms with Gasteiger partial charge in [-0.25, -0.2) is 8.42 Å². The molecular weight excluding hydrogens is 373 g/mol. The van der Waals surface area contributed by atoms with Crippen LogP contribution in [0.1, 0.15) is 15.9 Å². The number of rotatable bonds is 2. The summed E-state index contributed by atoms with van der Waals surface area (Å²) < 4.78 is 26.0. The topological polar surface area (TPSA) is 74.7 Å². The molecule has 0 fully saturated rings. The van der Waals surface area contributed by atoms with E-state index < -0.39 is 21.6 Å². The first-order valence-corrected chi connectivity index (χ1v) is 8.96. The van der Waals surface area contributed by atoms with E-state index in [0.29, 0.717) is 0 Å². The number of sulfonamides is 1. The Hall–Kier alpha value is -2.02. The van der Waals surface area contributed by atoms with Crippen LogP contribution in [0.2, 0.25) is 10.0 Å². The summed E-state index contributed by atoms with van der Waals surface area (Å²) in [5, 5.41) is 10.9. The normalized spacial score (nSPS) is 16.0. The lowest BCUT2D eigenvalue weighted by molar-refractivity contribution is 0.101. The zero-order valence-corrected chi connectivity index (χ0v) is 14.7. The second-order valence-electron chi connectivity index (χ2n) is 5.12. The van der Waals surface area contributed by atoms with E-state index in [1.807, 2.05) is 0 Å². The highest BCUT2D eigenvalue weighted by Crippen LogP contribution is 2.36. The molecule has 8 heteroatoms. The second-order valence-corrected chi connectivity index (χ2v) is 7.88. The molecular formula is C16H11Cl2NO4S. The number of carbonyl (C=O) groups is 1. The molecule has 3 rings (SSSR count). The number of Topliss-reactive ketones (excluding diaryl/α,β-unsaturated/α-hetero) is 1. The third kappa shape index (κ3) is 2.47. The molecule has 0 unspecified atom stereocenters. The van der Waals surface area contributed by atoms with E-state index in [0.717, 1.165) is 4.31 Å². The zero-order chi connectivity index (χ0) is 17.6.